The molecule has 2 aromatic rings. The van der Waals surface area contributed by atoms with E-state index in [4.69, 9.17) is 0 Å². The summed E-state index contributed by atoms with van der Waals surface area (Å²) in [6.45, 7) is 3.18. The summed E-state index contributed by atoms with van der Waals surface area (Å²) in [5, 5.41) is 2.67. The van der Waals surface area contributed by atoms with Gasteiger partial charge in [0.1, 0.15) is 5.82 Å². The van der Waals surface area contributed by atoms with Crippen LogP contribution in [0.15, 0.2) is 51.8 Å². The highest BCUT2D eigenvalue weighted by atomic mass is 79.9. The zero-order chi connectivity index (χ0) is 20.3. The number of piperidine rings is 1. The maximum absolute atomic E-state index is 14.0. The number of carbonyl (C=O) groups excluding carboxylic acids is 1. The number of rotatable bonds is 5. The van der Waals surface area contributed by atoms with Crippen LogP contribution >= 0.6 is 15.9 Å². The average Bonchev–Trinajstić information content (AvgIpc) is 2.66. The van der Waals surface area contributed by atoms with E-state index in [0.29, 0.717) is 29.2 Å². The third kappa shape index (κ3) is 4.79. The van der Waals surface area contributed by atoms with Crippen LogP contribution in [0.3, 0.4) is 0 Å². The summed E-state index contributed by atoms with van der Waals surface area (Å²) in [7, 11) is -3.52. The third-order valence-electron chi connectivity index (χ3n) is 4.90. The fourth-order valence-corrected chi connectivity index (χ4v) is 5.02. The van der Waals surface area contributed by atoms with Crippen molar-refractivity contribution in [3.05, 3.63) is 58.3 Å². The van der Waals surface area contributed by atoms with Crippen molar-refractivity contribution < 1.29 is 17.6 Å². The standard InChI is InChI=1S/C20H22BrFN2O3S/c1-14-9-11-24(12-10-14)28(26,27)17-7-5-16(6-8-17)23-19(25)13-15-3-2-4-18(21)20(15)22/h2-8,14H,9-13H2,1H3,(H,23,25). The monoisotopic (exact) mass is 468 g/mol. The van der Waals surface area contributed by atoms with E-state index in [9.17, 15) is 17.6 Å². The van der Waals surface area contributed by atoms with Crippen molar-refractivity contribution in [3.63, 3.8) is 0 Å². The molecule has 1 saturated heterocycles. The van der Waals surface area contributed by atoms with Crippen LogP contribution in [0.2, 0.25) is 0 Å². The number of halogens is 2. The van der Waals surface area contributed by atoms with E-state index < -0.39 is 15.8 Å². The van der Waals surface area contributed by atoms with Crippen LogP contribution in [-0.4, -0.2) is 31.7 Å². The number of sulfonamides is 1. The van der Waals surface area contributed by atoms with Crippen LogP contribution < -0.4 is 5.32 Å². The molecule has 0 spiro atoms. The van der Waals surface area contributed by atoms with Crippen molar-refractivity contribution in [2.75, 3.05) is 18.4 Å². The minimum atomic E-state index is -3.52. The first-order valence-corrected chi connectivity index (χ1v) is 11.3. The predicted molar refractivity (Wildman–Crippen MR) is 110 cm³/mol. The topological polar surface area (TPSA) is 66.5 Å². The molecule has 1 heterocycles. The maximum atomic E-state index is 14.0. The number of nitrogens with zero attached hydrogens (tertiary/aromatic N) is 1. The van der Waals surface area contributed by atoms with Crippen LogP contribution in [0.1, 0.15) is 25.3 Å². The second kappa shape index (κ2) is 8.71. The lowest BCUT2D eigenvalue weighted by Gasteiger charge is -2.29. The fraction of sp³-hybridized carbons (Fsp3) is 0.350. The Labute approximate surface area is 173 Å². The highest BCUT2D eigenvalue weighted by molar-refractivity contribution is 9.10. The Balaban J connectivity index is 1.65. The normalized spacial score (nSPS) is 16.1. The Morgan fingerprint density at radius 1 is 1.18 bits per heavy atom. The molecule has 5 nitrogen and oxygen atoms in total. The van der Waals surface area contributed by atoms with Crippen molar-refractivity contribution in [1.82, 2.24) is 4.31 Å². The number of anilines is 1. The summed E-state index contributed by atoms with van der Waals surface area (Å²) in [5.74, 6) is -0.299. The first-order chi connectivity index (χ1) is 13.3. The smallest absolute Gasteiger partial charge is 0.243 e. The van der Waals surface area contributed by atoms with Crippen molar-refractivity contribution >= 4 is 37.5 Å². The number of carbonyl (C=O) groups is 1. The molecule has 8 heteroatoms. The molecule has 0 aliphatic carbocycles. The van der Waals surface area contributed by atoms with Gasteiger partial charge in [-0.05, 0) is 70.6 Å². The number of hydrogen-bond acceptors (Lipinski definition) is 3. The highest BCUT2D eigenvalue weighted by Crippen LogP contribution is 2.24. The second-order valence-corrected chi connectivity index (χ2v) is 9.84. The van der Waals surface area contributed by atoms with Crippen LogP contribution in [0, 0.1) is 11.7 Å². The summed E-state index contributed by atoms with van der Waals surface area (Å²) in [6, 6.07) is 10.9. The molecule has 2 aromatic carbocycles. The molecule has 0 unspecified atom stereocenters. The number of hydrogen-bond donors (Lipinski definition) is 1. The Hall–Kier alpha value is -1.77. The van der Waals surface area contributed by atoms with E-state index in [2.05, 4.69) is 28.2 Å². The van der Waals surface area contributed by atoms with E-state index in [1.807, 2.05) is 0 Å². The molecule has 28 heavy (non-hydrogen) atoms. The average molecular weight is 469 g/mol. The fourth-order valence-electron chi connectivity index (χ4n) is 3.15. The molecule has 1 aliphatic rings. The van der Waals surface area contributed by atoms with Gasteiger partial charge in [0.25, 0.3) is 0 Å². The zero-order valence-electron chi connectivity index (χ0n) is 15.5. The van der Waals surface area contributed by atoms with Crippen molar-refractivity contribution in [3.8, 4) is 0 Å². The molecule has 1 fully saturated rings. The van der Waals surface area contributed by atoms with Gasteiger partial charge in [-0.15, -0.1) is 0 Å². The minimum absolute atomic E-state index is 0.114. The van der Waals surface area contributed by atoms with Crippen LogP contribution in [0.25, 0.3) is 0 Å². The van der Waals surface area contributed by atoms with Crippen molar-refractivity contribution in [2.24, 2.45) is 5.92 Å². The van der Waals surface area contributed by atoms with Gasteiger partial charge in [-0.2, -0.15) is 4.31 Å². The summed E-state index contributed by atoms with van der Waals surface area (Å²) in [6.07, 6.45) is 1.61. The molecule has 3 rings (SSSR count). The zero-order valence-corrected chi connectivity index (χ0v) is 17.9. The molecule has 0 saturated carbocycles. The Kier molecular flexibility index (Phi) is 6.52. The summed E-state index contributed by atoms with van der Waals surface area (Å²) in [5.41, 5.74) is 0.747. The van der Waals surface area contributed by atoms with Gasteiger partial charge in [0, 0.05) is 18.8 Å². The first-order valence-electron chi connectivity index (χ1n) is 9.10. The number of benzene rings is 2. The third-order valence-corrected chi connectivity index (χ3v) is 7.43. The highest BCUT2D eigenvalue weighted by Gasteiger charge is 2.27. The number of amides is 1. The molecule has 0 atom stereocenters. The summed E-state index contributed by atoms with van der Waals surface area (Å²) in [4.78, 5) is 12.4. The van der Waals surface area contributed by atoms with E-state index >= 15 is 0 Å². The molecule has 0 bridgehead atoms. The largest absolute Gasteiger partial charge is 0.326 e. The maximum Gasteiger partial charge on any atom is 0.243 e. The second-order valence-electron chi connectivity index (χ2n) is 7.05. The molecule has 150 valence electrons. The van der Waals surface area contributed by atoms with Gasteiger partial charge in [-0.3, -0.25) is 4.79 Å². The van der Waals surface area contributed by atoms with Gasteiger partial charge >= 0.3 is 0 Å². The summed E-state index contributed by atoms with van der Waals surface area (Å²) < 4.78 is 41.3. The molecule has 0 radical (unpaired) electrons. The molecule has 1 aliphatic heterocycles. The van der Waals surface area contributed by atoms with Gasteiger partial charge < -0.3 is 5.32 Å². The summed E-state index contributed by atoms with van der Waals surface area (Å²) >= 11 is 3.10. The van der Waals surface area contributed by atoms with Gasteiger partial charge in [-0.1, -0.05) is 19.1 Å². The number of nitrogens with one attached hydrogen (secondary N) is 1. The lowest BCUT2D eigenvalue weighted by Crippen LogP contribution is -2.37. The quantitative estimate of drug-likeness (QED) is 0.715. The van der Waals surface area contributed by atoms with Crippen LogP contribution in [-0.2, 0) is 21.2 Å². The lowest BCUT2D eigenvalue weighted by molar-refractivity contribution is -0.115. The molecular formula is C20H22BrFN2O3S. The lowest BCUT2D eigenvalue weighted by atomic mass is 10.0. The van der Waals surface area contributed by atoms with Gasteiger partial charge in [-0.25, -0.2) is 12.8 Å². The predicted octanol–water partition coefficient (Wildman–Crippen LogP) is 4.19. The van der Waals surface area contributed by atoms with Gasteiger partial charge in [0.05, 0.1) is 15.8 Å². The van der Waals surface area contributed by atoms with Crippen molar-refractivity contribution in [1.29, 1.82) is 0 Å². The Morgan fingerprint density at radius 3 is 2.46 bits per heavy atom. The SMILES string of the molecule is CC1CCN(S(=O)(=O)c2ccc(NC(=O)Cc3cccc(Br)c3F)cc2)CC1. The van der Waals surface area contributed by atoms with Crippen LogP contribution in [0.5, 0.6) is 0 Å². The van der Waals surface area contributed by atoms with Gasteiger partial charge in [0.2, 0.25) is 15.9 Å². The van der Waals surface area contributed by atoms with Crippen LogP contribution in [0.4, 0.5) is 10.1 Å². The van der Waals surface area contributed by atoms with E-state index in [-0.39, 0.29) is 22.8 Å². The van der Waals surface area contributed by atoms with E-state index in [1.54, 1.807) is 30.3 Å². The molecule has 0 aromatic heterocycles. The first kappa shape index (κ1) is 21.0. The van der Waals surface area contributed by atoms with Gasteiger partial charge in [0.15, 0.2) is 0 Å². The Bertz CT molecular complexity index is 956. The van der Waals surface area contributed by atoms with E-state index in [1.165, 1.54) is 16.4 Å². The molecule has 1 N–H and O–H groups in total. The molecule has 1 amide bonds. The Morgan fingerprint density at radius 2 is 1.82 bits per heavy atom. The van der Waals surface area contributed by atoms with E-state index in [0.717, 1.165) is 12.8 Å². The minimum Gasteiger partial charge on any atom is -0.326 e. The molecular weight excluding hydrogens is 447 g/mol. The van der Waals surface area contributed by atoms with Crippen molar-refractivity contribution in [2.45, 2.75) is 31.1 Å².